The number of carbonyl (C=O) groups is 2. The van der Waals surface area contributed by atoms with Gasteiger partial charge in [0.25, 0.3) is 5.91 Å². The molecule has 1 aromatic carbocycles. The fraction of sp³-hybridized carbons (Fsp3) is 0.167. The van der Waals surface area contributed by atoms with Crippen LogP contribution in [-0.2, 0) is 11.2 Å². The average Bonchev–Trinajstić information content (AvgIpc) is 3.36. The van der Waals surface area contributed by atoms with Crippen molar-refractivity contribution in [2.45, 2.75) is 12.8 Å². The first-order valence-electron chi connectivity index (χ1n) is 7.97. The zero-order valence-electron chi connectivity index (χ0n) is 14.1. The number of thiophene rings is 1. The zero-order valence-corrected chi connectivity index (χ0v) is 14.9. The van der Waals surface area contributed by atoms with Crippen molar-refractivity contribution >= 4 is 23.2 Å². The molecule has 0 saturated heterocycles. The first-order valence-corrected chi connectivity index (χ1v) is 8.85. The number of amides is 2. The van der Waals surface area contributed by atoms with Crippen LogP contribution in [0.4, 0.5) is 0 Å². The molecule has 2 amide bonds. The van der Waals surface area contributed by atoms with Crippen LogP contribution < -0.4 is 15.6 Å². The van der Waals surface area contributed by atoms with E-state index in [1.165, 1.54) is 0 Å². The number of nitrogens with zero attached hydrogens (tertiary/aromatic N) is 1. The normalized spacial score (nSPS) is 10.3. The Balaban J connectivity index is 1.51. The number of aryl methyl sites for hydroxylation is 1. The molecule has 8 heteroatoms. The summed E-state index contributed by atoms with van der Waals surface area (Å²) in [6.45, 7) is 0. The fourth-order valence-electron chi connectivity index (χ4n) is 2.30. The molecule has 3 aromatic rings. The van der Waals surface area contributed by atoms with Gasteiger partial charge in [0.2, 0.25) is 5.91 Å². The maximum Gasteiger partial charge on any atom is 0.287 e. The third kappa shape index (κ3) is 4.48. The molecule has 7 nitrogen and oxygen atoms in total. The van der Waals surface area contributed by atoms with Gasteiger partial charge in [-0.15, -0.1) is 11.3 Å². The largest absolute Gasteiger partial charge is 0.497 e. The van der Waals surface area contributed by atoms with Crippen molar-refractivity contribution in [3.63, 3.8) is 0 Å². The third-order valence-corrected chi connectivity index (χ3v) is 4.64. The van der Waals surface area contributed by atoms with Crippen LogP contribution in [0, 0.1) is 0 Å². The van der Waals surface area contributed by atoms with Crippen LogP contribution >= 0.6 is 11.3 Å². The standard InChI is InChI=1S/C18H18N4O3S/c1-25-13-6-4-12(5-7-13)15-11-16(20-19-15)18(24)22-21-17(23)9-8-14-3-2-10-26-14/h2-7,10-11H,8-9H2,1H3,(H,19,20)(H,21,23)(H,22,24). The molecular formula is C18H18N4O3S. The highest BCUT2D eigenvalue weighted by atomic mass is 32.1. The fourth-order valence-corrected chi connectivity index (χ4v) is 3.00. The van der Waals surface area contributed by atoms with E-state index < -0.39 is 5.91 Å². The average molecular weight is 370 g/mol. The molecule has 3 N–H and O–H groups in total. The lowest BCUT2D eigenvalue weighted by Crippen LogP contribution is -2.41. The molecule has 0 fully saturated rings. The van der Waals surface area contributed by atoms with Gasteiger partial charge >= 0.3 is 0 Å². The van der Waals surface area contributed by atoms with E-state index in [1.807, 2.05) is 41.8 Å². The SMILES string of the molecule is COc1ccc(-c2cc(C(=O)NNC(=O)CCc3cccs3)[nH]n2)cc1. The molecule has 0 unspecified atom stereocenters. The number of H-pyrrole nitrogens is 1. The monoisotopic (exact) mass is 370 g/mol. The summed E-state index contributed by atoms with van der Waals surface area (Å²) in [7, 11) is 1.60. The summed E-state index contributed by atoms with van der Waals surface area (Å²) in [6.07, 6.45) is 0.950. The Kier molecular flexibility index (Phi) is 5.65. The minimum absolute atomic E-state index is 0.248. The van der Waals surface area contributed by atoms with Gasteiger partial charge in [0.15, 0.2) is 0 Å². The highest BCUT2D eigenvalue weighted by Crippen LogP contribution is 2.21. The molecule has 2 aromatic heterocycles. The molecule has 3 rings (SSSR count). The summed E-state index contributed by atoms with van der Waals surface area (Å²) >= 11 is 1.60. The number of aromatic nitrogens is 2. The summed E-state index contributed by atoms with van der Waals surface area (Å²) in [5.41, 5.74) is 6.53. The Morgan fingerprint density at radius 3 is 2.69 bits per heavy atom. The van der Waals surface area contributed by atoms with Crippen LogP contribution in [0.1, 0.15) is 21.8 Å². The van der Waals surface area contributed by atoms with Crippen LogP contribution in [0.2, 0.25) is 0 Å². The second-order valence-electron chi connectivity index (χ2n) is 5.48. The van der Waals surface area contributed by atoms with Crippen molar-refractivity contribution < 1.29 is 14.3 Å². The van der Waals surface area contributed by atoms with Crippen LogP contribution in [0.15, 0.2) is 47.8 Å². The van der Waals surface area contributed by atoms with E-state index in [1.54, 1.807) is 24.5 Å². The number of aromatic amines is 1. The predicted molar refractivity (Wildman–Crippen MR) is 98.8 cm³/mol. The summed E-state index contributed by atoms with van der Waals surface area (Å²) in [6, 6.07) is 12.9. The number of carbonyl (C=O) groups excluding carboxylic acids is 2. The molecule has 0 bridgehead atoms. The number of rotatable bonds is 6. The van der Waals surface area contributed by atoms with Gasteiger partial charge in [0.05, 0.1) is 12.8 Å². The van der Waals surface area contributed by atoms with Gasteiger partial charge in [-0.1, -0.05) is 6.07 Å². The van der Waals surface area contributed by atoms with Gasteiger partial charge in [-0.3, -0.25) is 25.5 Å². The Labute approximate surface area is 154 Å². The number of benzene rings is 1. The molecule has 0 saturated carbocycles. The van der Waals surface area contributed by atoms with E-state index in [-0.39, 0.29) is 11.6 Å². The minimum Gasteiger partial charge on any atom is -0.497 e. The van der Waals surface area contributed by atoms with Crippen molar-refractivity contribution in [2.75, 3.05) is 7.11 Å². The number of hydrogen-bond acceptors (Lipinski definition) is 5. The van der Waals surface area contributed by atoms with Crippen molar-refractivity contribution in [2.24, 2.45) is 0 Å². The van der Waals surface area contributed by atoms with Gasteiger partial charge in [0, 0.05) is 16.9 Å². The number of hydrogen-bond donors (Lipinski definition) is 3. The first-order chi connectivity index (χ1) is 12.7. The van der Waals surface area contributed by atoms with Crippen LogP contribution in [-0.4, -0.2) is 29.1 Å². The molecule has 26 heavy (non-hydrogen) atoms. The van der Waals surface area contributed by atoms with Crippen LogP contribution in [0.5, 0.6) is 5.75 Å². The van der Waals surface area contributed by atoms with E-state index in [2.05, 4.69) is 21.0 Å². The number of ether oxygens (including phenoxy) is 1. The number of nitrogens with one attached hydrogen (secondary N) is 3. The Morgan fingerprint density at radius 1 is 1.19 bits per heavy atom. The molecule has 0 aliphatic heterocycles. The van der Waals surface area contributed by atoms with Gasteiger partial charge in [-0.05, 0) is 48.2 Å². The molecule has 2 heterocycles. The lowest BCUT2D eigenvalue weighted by atomic mass is 10.1. The van der Waals surface area contributed by atoms with Gasteiger partial charge < -0.3 is 4.74 Å². The summed E-state index contributed by atoms with van der Waals surface area (Å²) in [5, 5.41) is 8.76. The highest BCUT2D eigenvalue weighted by Gasteiger charge is 2.12. The summed E-state index contributed by atoms with van der Waals surface area (Å²) < 4.78 is 5.11. The predicted octanol–water partition coefficient (Wildman–Crippen LogP) is 2.54. The minimum atomic E-state index is -0.457. The van der Waals surface area contributed by atoms with E-state index in [0.29, 0.717) is 18.5 Å². The van der Waals surface area contributed by atoms with Crippen molar-refractivity contribution in [1.29, 1.82) is 0 Å². The molecule has 0 atom stereocenters. The Bertz CT molecular complexity index is 872. The molecule has 0 aliphatic carbocycles. The smallest absolute Gasteiger partial charge is 0.287 e. The van der Waals surface area contributed by atoms with Crippen molar-refractivity contribution in [3.05, 3.63) is 58.4 Å². The van der Waals surface area contributed by atoms with E-state index in [4.69, 9.17) is 4.74 Å². The van der Waals surface area contributed by atoms with E-state index in [0.717, 1.165) is 16.2 Å². The van der Waals surface area contributed by atoms with Gasteiger partial charge in [-0.2, -0.15) is 5.10 Å². The zero-order chi connectivity index (χ0) is 18.4. The van der Waals surface area contributed by atoms with Crippen molar-refractivity contribution in [1.82, 2.24) is 21.0 Å². The quantitative estimate of drug-likeness (QED) is 0.581. The van der Waals surface area contributed by atoms with Crippen LogP contribution in [0.25, 0.3) is 11.3 Å². The summed E-state index contributed by atoms with van der Waals surface area (Å²) in [5.74, 6) is 0.0379. The van der Waals surface area contributed by atoms with Gasteiger partial charge in [-0.25, -0.2) is 0 Å². The molecule has 0 aliphatic rings. The lowest BCUT2D eigenvalue weighted by molar-refractivity contribution is -0.121. The topological polar surface area (TPSA) is 96.1 Å². The van der Waals surface area contributed by atoms with Crippen LogP contribution in [0.3, 0.4) is 0 Å². The molecular weight excluding hydrogens is 352 g/mol. The number of hydrazine groups is 1. The first kappa shape index (κ1) is 17.7. The van der Waals surface area contributed by atoms with E-state index in [9.17, 15) is 9.59 Å². The Hall–Kier alpha value is -3.13. The van der Waals surface area contributed by atoms with E-state index >= 15 is 0 Å². The van der Waals surface area contributed by atoms with Gasteiger partial charge in [0.1, 0.15) is 11.4 Å². The number of methoxy groups -OCH3 is 1. The lowest BCUT2D eigenvalue weighted by Gasteiger charge is -2.05. The third-order valence-electron chi connectivity index (χ3n) is 3.70. The maximum atomic E-state index is 12.1. The maximum absolute atomic E-state index is 12.1. The molecule has 134 valence electrons. The molecule has 0 radical (unpaired) electrons. The highest BCUT2D eigenvalue weighted by molar-refractivity contribution is 7.09. The Morgan fingerprint density at radius 2 is 2.00 bits per heavy atom. The summed E-state index contributed by atoms with van der Waals surface area (Å²) in [4.78, 5) is 25.0. The second-order valence-corrected chi connectivity index (χ2v) is 6.51. The molecule has 0 spiro atoms. The second kappa shape index (κ2) is 8.30. The van der Waals surface area contributed by atoms with Crippen molar-refractivity contribution in [3.8, 4) is 17.0 Å².